The minimum absolute atomic E-state index is 0.165. The summed E-state index contributed by atoms with van der Waals surface area (Å²) >= 11 is 0. The lowest BCUT2D eigenvalue weighted by Gasteiger charge is -2.26. The molecule has 7 nitrogen and oxygen atoms in total. The van der Waals surface area contributed by atoms with Crippen LogP contribution in [0.4, 0.5) is 4.79 Å². The van der Waals surface area contributed by atoms with Gasteiger partial charge in [0.15, 0.2) is 5.76 Å². The Labute approximate surface area is 162 Å². The monoisotopic (exact) mass is 381 g/mol. The molecule has 0 unspecified atom stereocenters. The number of benzene rings is 2. The van der Waals surface area contributed by atoms with E-state index in [0.717, 1.165) is 0 Å². The zero-order chi connectivity index (χ0) is 19.5. The second kappa shape index (κ2) is 7.74. The minimum atomic E-state index is -0.444. The number of methoxy groups -OCH3 is 1. The second-order valence-corrected chi connectivity index (χ2v) is 6.31. The second-order valence-electron chi connectivity index (χ2n) is 6.31. The molecule has 1 amide bonds. The number of ether oxygens (including phenoxy) is 4. The molecule has 0 radical (unpaired) electrons. The van der Waals surface area contributed by atoms with Crippen molar-refractivity contribution in [1.29, 1.82) is 0 Å². The number of rotatable bonds is 3. The first kappa shape index (κ1) is 18.1. The van der Waals surface area contributed by atoms with Gasteiger partial charge in [0, 0.05) is 24.7 Å². The number of carbonyl (C=O) groups is 2. The summed E-state index contributed by atoms with van der Waals surface area (Å²) in [5, 5.41) is 0. The third-order valence-corrected chi connectivity index (χ3v) is 4.55. The molecule has 0 aliphatic carbocycles. The Bertz CT molecular complexity index is 946. The van der Waals surface area contributed by atoms with Crippen LogP contribution in [-0.2, 0) is 4.74 Å². The number of fused-ring (bicyclic) bond motifs is 1. The molecule has 2 aromatic carbocycles. The molecule has 2 aromatic rings. The van der Waals surface area contributed by atoms with E-state index < -0.39 is 6.09 Å². The van der Waals surface area contributed by atoms with Crippen LogP contribution in [0.25, 0.3) is 6.08 Å². The van der Waals surface area contributed by atoms with E-state index in [-0.39, 0.29) is 11.5 Å². The fourth-order valence-electron chi connectivity index (χ4n) is 3.03. The molecule has 0 spiro atoms. The highest BCUT2D eigenvalue weighted by Gasteiger charge is 2.28. The standard InChI is InChI=1S/C21H19NO6/c1-25-15-6-7-16-18(13-15)27-19(20(16)23)12-14-4-2-3-5-17(14)28-21(24)22-8-10-26-11-9-22/h2-7,12-13H,8-11H2,1H3. The Kier molecular flexibility index (Phi) is 4.99. The van der Waals surface area contributed by atoms with Crippen molar-refractivity contribution in [1.82, 2.24) is 4.90 Å². The molecule has 0 N–H and O–H groups in total. The maximum absolute atomic E-state index is 12.6. The summed E-state index contributed by atoms with van der Waals surface area (Å²) < 4.78 is 21.7. The number of carbonyl (C=O) groups excluding carboxylic acids is 2. The van der Waals surface area contributed by atoms with E-state index in [0.29, 0.717) is 54.7 Å². The van der Waals surface area contributed by atoms with Crippen molar-refractivity contribution >= 4 is 18.0 Å². The van der Waals surface area contributed by atoms with E-state index >= 15 is 0 Å². The van der Waals surface area contributed by atoms with Crippen LogP contribution in [0.5, 0.6) is 17.2 Å². The van der Waals surface area contributed by atoms with Gasteiger partial charge in [0.05, 0.1) is 25.9 Å². The molecule has 2 aliphatic heterocycles. The topological polar surface area (TPSA) is 74.3 Å². The number of morpholine rings is 1. The van der Waals surface area contributed by atoms with Crippen molar-refractivity contribution in [2.45, 2.75) is 0 Å². The predicted octanol–water partition coefficient (Wildman–Crippen LogP) is 3.14. The number of nitrogens with zero attached hydrogens (tertiary/aromatic N) is 1. The van der Waals surface area contributed by atoms with Gasteiger partial charge >= 0.3 is 6.09 Å². The fourth-order valence-corrected chi connectivity index (χ4v) is 3.03. The molecule has 2 heterocycles. The molecular formula is C21H19NO6. The highest BCUT2D eigenvalue weighted by Crippen LogP contribution is 2.35. The summed E-state index contributed by atoms with van der Waals surface area (Å²) in [5.74, 6) is 1.34. The summed E-state index contributed by atoms with van der Waals surface area (Å²) in [4.78, 5) is 26.6. The smallest absolute Gasteiger partial charge is 0.415 e. The molecule has 2 aliphatic rings. The summed E-state index contributed by atoms with van der Waals surface area (Å²) in [6.07, 6.45) is 1.14. The van der Waals surface area contributed by atoms with Crippen molar-refractivity contribution in [3.05, 3.63) is 59.4 Å². The van der Waals surface area contributed by atoms with Crippen LogP contribution in [-0.4, -0.2) is 50.2 Å². The number of allylic oxidation sites excluding steroid dienone is 1. The van der Waals surface area contributed by atoms with Gasteiger partial charge in [-0.1, -0.05) is 18.2 Å². The summed E-state index contributed by atoms with van der Waals surface area (Å²) in [7, 11) is 1.55. The molecule has 144 valence electrons. The van der Waals surface area contributed by atoms with Crippen LogP contribution in [0, 0.1) is 0 Å². The molecule has 0 saturated carbocycles. The Balaban J connectivity index is 1.57. The van der Waals surface area contributed by atoms with Crippen molar-refractivity contribution in [2.24, 2.45) is 0 Å². The van der Waals surface area contributed by atoms with Crippen molar-refractivity contribution in [3.63, 3.8) is 0 Å². The minimum Gasteiger partial charge on any atom is -0.497 e. The Hall–Kier alpha value is -3.32. The SMILES string of the molecule is COc1ccc2c(c1)OC(=Cc1ccccc1OC(=O)N1CCOCC1)C2=O. The fraction of sp³-hybridized carbons (Fsp3) is 0.238. The molecular weight excluding hydrogens is 362 g/mol. The van der Waals surface area contributed by atoms with E-state index in [1.165, 1.54) is 0 Å². The highest BCUT2D eigenvalue weighted by atomic mass is 16.6. The van der Waals surface area contributed by atoms with Gasteiger partial charge in [0.25, 0.3) is 0 Å². The lowest BCUT2D eigenvalue weighted by Crippen LogP contribution is -2.42. The molecule has 28 heavy (non-hydrogen) atoms. The van der Waals surface area contributed by atoms with E-state index in [9.17, 15) is 9.59 Å². The Morgan fingerprint density at radius 2 is 1.93 bits per heavy atom. The molecule has 1 fully saturated rings. The third-order valence-electron chi connectivity index (χ3n) is 4.55. The number of hydrogen-bond donors (Lipinski definition) is 0. The van der Waals surface area contributed by atoms with Crippen LogP contribution < -0.4 is 14.2 Å². The van der Waals surface area contributed by atoms with E-state index in [1.807, 2.05) is 0 Å². The average Bonchev–Trinajstić information content (AvgIpc) is 3.04. The number of ketones is 1. The normalized spacial score (nSPS) is 17.2. The van der Waals surface area contributed by atoms with Crippen LogP contribution in [0.15, 0.2) is 48.2 Å². The van der Waals surface area contributed by atoms with Gasteiger partial charge in [-0.05, 0) is 24.3 Å². The first-order valence-corrected chi connectivity index (χ1v) is 8.91. The van der Waals surface area contributed by atoms with Crippen LogP contribution in [0.1, 0.15) is 15.9 Å². The molecule has 0 aromatic heterocycles. The molecule has 4 rings (SSSR count). The zero-order valence-electron chi connectivity index (χ0n) is 15.3. The van der Waals surface area contributed by atoms with Gasteiger partial charge in [0.1, 0.15) is 17.2 Å². The van der Waals surface area contributed by atoms with Gasteiger partial charge in [0.2, 0.25) is 5.78 Å². The van der Waals surface area contributed by atoms with Crippen molar-refractivity contribution < 1.29 is 28.5 Å². The van der Waals surface area contributed by atoms with Crippen molar-refractivity contribution in [3.8, 4) is 17.2 Å². The van der Waals surface area contributed by atoms with Crippen LogP contribution >= 0.6 is 0 Å². The van der Waals surface area contributed by atoms with E-state index in [1.54, 1.807) is 60.6 Å². The number of amides is 1. The quantitative estimate of drug-likeness (QED) is 0.761. The number of hydrogen-bond acceptors (Lipinski definition) is 6. The van der Waals surface area contributed by atoms with Gasteiger partial charge in [-0.25, -0.2) is 4.79 Å². The third kappa shape index (κ3) is 3.57. The van der Waals surface area contributed by atoms with Crippen LogP contribution in [0.3, 0.4) is 0 Å². The van der Waals surface area contributed by atoms with Gasteiger partial charge in [-0.15, -0.1) is 0 Å². The summed E-state index contributed by atoms with van der Waals surface area (Å²) in [6.45, 7) is 1.96. The maximum Gasteiger partial charge on any atom is 0.415 e. The number of para-hydroxylation sites is 1. The summed E-state index contributed by atoms with van der Waals surface area (Å²) in [6, 6.07) is 12.0. The lowest BCUT2D eigenvalue weighted by molar-refractivity contribution is 0.0415. The summed E-state index contributed by atoms with van der Waals surface area (Å²) in [5.41, 5.74) is 1.04. The maximum atomic E-state index is 12.6. The highest BCUT2D eigenvalue weighted by molar-refractivity contribution is 6.14. The van der Waals surface area contributed by atoms with Crippen LogP contribution in [0.2, 0.25) is 0 Å². The molecule has 0 bridgehead atoms. The van der Waals surface area contributed by atoms with E-state index in [4.69, 9.17) is 18.9 Å². The lowest BCUT2D eigenvalue weighted by atomic mass is 10.1. The first-order chi connectivity index (χ1) is 13.7. The molecule has 0 atom stereocenters. The van der Waals surface area contributed by atoms with Crippen molar-refractivity contribution in [2.75, 3.05) is 33.4 Å². The molecule has 7 heteroatoms. The van der Waals surface area contributed by atoms with Gasteiger partial charge in [-0.2, -0.15) is 0 Å². The largest absolute Gasteiger partial charge is 0.497 e. The Morgan fingerprint density at radius 3 is 2.71 bits per heavy atom. The van der Waals surface area contributed by atoms with Gasteiger partial charge in [-0.3, -0.25) is 4.79 Å². The number of Topliss-reactive ketones (excluding diaryl/α,β-unsaturated/α-hetero) is 1. The zero-order valence-corrected chi connectivity index (χ0v) is 15.3. The Morgan fingerprint density at radius 1 is 1.14 bits per heavy atom. The molecule has 1 saturated heterocycles. The average molecular weight is 381 g/mol. The van der Waals surface area contributed by atoms with Gasteiger partial charge < -0.3 is 23.8 Å². The van der Waals surface area contributed by atoms with E-state index in [2.05, 4.69) is 0 Å². The first-order valence-electron chi connectivity index (χ1n) is 8.91. The predicted molar refractivity (Wildman–Crippen MR) is 101 cm³/mol.